The maximum Gasteiger partial charge on any atom is 0.573 e. The summed E-state index contributed by atoms with van der Waals surface area (Å²) in [5.74, 6) is 0.275. The molecule has 0 aliphatic carbocycles. The highest BCUT2D eigenvalue weighted by atomic mass is 19.4. The maximum absolute atomic E-state index is 12.3. The molecule has 1 aromatic heterocycles. The number of halogens is 3. The fourth-order valence-electron chi connectivity index (χ4n) is 2.87. The number of hydrogen-bond acceptors (Lipinski definition) is 5. The highest BCUT2D eigenvalue weighted by molar-refractivity contribution is 5.94. The Morgan fingerprint density at radius 3 is 2.70 bits per heavy atom. The number of ether oxygens (including phenoxy) is 1. The summed E-state index contributed by atoms with van der Waals surface area (Å²) in [6, 6.07) is 6.73. The number of piperidine rings is 1. The van der Waals surface area contributed by atoms with E-state index in [1.165, 1.54) is 18.6 Å². The Balaban J connectivity index is 1.61. The maximum atomic E-state index is 12.3. The minimum atomic E-state index is -4.81. The number of anilines is 1. The van der Waals surface area contributed by atoms with E-state index in [4.69, 9.17) is 0 Å². The van der Waals surface area contributed by atoms with Crippen LogP contribution < -0.4 is 15.0 Å². The van der Waals surface area contributed by atoms with Crippen LogP contribution in [0.4, 0.5) is 19.0 Å². The molecule has 0 spiro atoms. The molecule has 3 rings (SSSR count). The number of amides is 1. The standard InChI is InChI=1S/C18H19F3N4O2/c19-18(20,21)27-14-6-4-5-13(11-14)17(26)23-12-15-22-8-7-16(24-15)25-9-2-1-3-10-25/h4-8,11H,1-3,9-10,12H2,(H,23,26). The van der Waals surface area contributed by atoms with Gasteiger partial charge in [-0.05, 0) is 43.5 Å². The molecule has 1 aliphatic heterocycles. The summed E-state index contributed by atoms with van der Waals surface area (Å²) < 4.78 is 40.7. The lowest BCUT2D eigenvalue weighted by Crippen LogP contribution is -2.31. The minimum absolute atomic E-state index is 0.0592. The molecule has 0 atom stereocenters. The second-order valence-corrected chi connectivity index (χ2v) is 6.14. The van der Waals surface area contributed by atoms with Crippen molar-refractivity contribution >= 4 is 11.7 Å². The molecule has 1 fully saturated rings. The zero-order chi connectivity index (χ0) is 19.3. The van der Waals surface area contributed by atoms with E-state index < -0.39 is 18.0 Å². The van der Waals surface area contributed by atoms with E-state index >= 15 is 0 Å². The van der Waals surface area contributed by atoms with Crippen molar-refractivity contribution < 1.29 is 22.7 Å². The van der Waals surface area contributed by atoms with Gasteiger partial charge in [0.25, 0.3) is 5.91 Å². The summed E-state index contributed by atoms with van der Waals surface area (Å²) in [7, 11) is 0. The predicted octanol–water partition coefficient (Wildman–Crippen LogP) is 3.30. The first kappa shape index (κ1) is 18.9. The van der Waals surface area contributed by atoms with Crippen molar-refractivity contribution in [3.05, 3.63) is 47.9 Å². The molecule has 2 aromatic rings. The molecule has 6 nitrogen and oxygen atoms in total. The second-order valence-electron chi connectivity index (χ2n) is 6.14. The van der Waals surface area contributed by atoms with Gasteiger partial charge in [-0.25, -0.2) is 9.97 Å². The van der Waals surface area contributed by atoms with Crippen molar-refractivity contribution in [1.82, 2.24) is 15.3 Å². The molecule has 1 saturated heterocycles. The van der Waals surface area contributed by atoms with E-state index in [-0.39, 0.29) is 12.1 Å². The Morgan fingerprint density at radius 1 is 1.19 bits per heavy atom. The molecular formula is C18H19F3N4O2. The van der Waals surface area contributed by atoms with E-state index in [9.17, 15) is 18.0 Å². The normalized spacial score (nSPS) is 14.7. The summed E-state index contributed by atoms with van der Waals surface area (Å²) >= 11 is 0. The van der Waals surface area contributed by atoms with E-state index in [0.29, 0.717) is 5.82 Å². The third-order valence-corrected chi connectivity index (χ3v) is 4.11. The fourth-order valence-corrected chi connectivity index (χ4v) is 2.87. The summed E-state index contributed by atoms with van der Waals surface area (Å²) in [6.07, 6.45) is 0.272. The van der Waals surface area contributed by atoms with Crippen LogP contribution in [0.5, 0.6) is 5.75 Å². The Labute approximate surface area is 154 Å². The number of carbonyl (C=O) groups excluding carboxylic acids is 1. The summed E-state index contributed by atoms with van der Waals surface area (Å²) in [5, 5.41) is 2.62. The van der Waals surface area contributed by atoms with Crippen LogP contribution in [0, 0.1) is 0 Å². The first-order chi connectivity index (χ1) is 12.9. The molecule has 1 aliphatic rings. The van der Waals surface area contributed by atoms with E-state index in [1.807, 2.05) is 6.07 Å². The Morgan fingerprint density at radius 2 is 1.96 bits per heavy atom. The van der Waals surface area contributed by atoms with Crippen molar-refractivity contribution in [1.29, 1.82) is 0 Å². The number of benzene rings is 1. The van der Waals surface area contributed by atoms with Crippen LogP contribution in [0.1, 0.15) is 35.4 Å². The Kier molecular flexibility index (Phi) is 5.78. The first-order valence-corrected chi connectivity index (χ1v) is 8.61. The van der Waals surface area contributed by atoms with Gasteiger partial charge in [0, 0.05) is 24.8 Å². The molecule has 0 unspecified atom stereocenters. The average Bonchev–Trinajstić information content (AvgIpc) is 2.66. The van der Waals surface area contributed by atoms with Gasteiger partial charge in [0.2, 0.25) is 0 Å². The van der Waals surface area contributed by atoms with Gasteiger partial charge in [-0.15, -0.1) is 13.2 Å². The summed E-state index contributed by atoms with van der Waals surface area (Å²) in [6.45, 7) is 1.95. The Bertz CT molecular complexity index is 792. The molecule has 0 saturated carbocycles. The van der Waals surface area contributed by atoms with Crippen molar-refractivity contribution in [3.63, 3.8) is 0 Å². The zero-order valence-corrected chi connectivity index (χ0v) is 14.5. The molecule has 2 heterocycles. The fraction of sp³-hybridized carbons (Fsp3) is 0.389. The molecule has 0 radical (unpaired) electrons. The van der Waals surface area contributed by atoms with E-state index in [2.05, 4.69) is 24.9 Å². The molecular weight excluding hydrogens is 361 g/mol. The molecule has 1 N–H and O–H groups in total. The van der Waals surface area contributed by atoms with Crippen molar-refractivity contribution in [3.8, 4) is 5.75 Å². The van der Waals surface area contributed by atoms with Crippen LogP contribution in [0.3, 0.4) is 0 Å². The van der Waals surface area contributed by atoms with E-state index in [0.717, 1.165) is 43.9 Å². The number of rotatable bonds is 5. The topological polar surface area (TPSA) is 67.4 Å². The predicted molar refractivity (Wildman–Crippen MR) is 92.4 cm³/mol. The zero-order valence-electron chi connectivity index (χ0n) is 14.5. The second kappa shape index (κ2) is 8.24. The molecule has 0 bridgehead atoms. The third-order valence-electron chi connectivity index (χ3n) is 4.11. The number of aromatic nitrogens is 2. The van der Waals surface area contributed by atoms with Gasteiger partial charge in [-0.1, -0.05) is 6.07 Å². The van der Waals surface area contributed by atoms with Crippen molar-refractivity contribution in [2.45, 2.75) is 32.2 Å². The molecule has 27 heavy (non-hydrogen) atoms. The van der Waals surface area contributed by atoms with Gasteiger partial charge in [-0.2, -0.15) is 0 Å². The van der Waals surface area contributed by atoms with E-state index in [1.54, 1.807) is 6.20 Å². The highest BCUT2D eigenvalue weighted by Gasteiger charge is 2.31. The minimum Gasteiger partial charge on any atom is -0.406 e. The molecule has 1 amide bonds. The van der Waals surface area contributed by atoms with Crippen LogP contribution in [-0.4, -0.2) is 35.3 Å². The summed E-state index contributed by atoms with van der Waals surface area (Å²) in [5.41, 5.74) is 0.0592. The quantitative estimate of drug-likeness (QED) is 0.862. The smallest absolute Gasteiger partial charge is 0.406 e. The Hall–Kier alpha value is -2.84. The number of alkyl halides is 3. The van der Waals surface area contributed by atoms with Gasteiger partial charge in [0.1, 0.15) is 17.4 Å². The molecule has 9 heteroatoms. The lowest BCUT2D eigenvalue weighted by molar-refractivity contribution is -0.274. The SMILES string of the molecule is O=C(NCc1nccc(N2CCCCC2)n1)c1cccc(OC(F)(F)F)c1. The monoisotopic (exact) mass is 380 g/mol. The number of hydrogen-bond donors (Lipinski definition) is 1. The van der Waals surface area contributed by atoms with Gasteiger partial charge in [0.15, 0.2) is 0 Å². The van der Waals surface area contributed by atoms with Gasteiger partial charge in [-0.3, -0.25) is 4.79 Å². The van der Waals surface area contributed by atoms with Crippen LogP contribution in [0.15, 0.2) is 36.5 Å². The van der Waals surface area contributed by atoms with Crippen LogP contribution in [0.25, 0.3) is 0 Å². The number of carbonyl (C=O) groups is 1. The van der Waals surface area contributed by atoms with Crippen LogP contribution >= 0.6 is 0 Å². The van der Waals surface area contributed by atoms with Gasteiger partial charge in [0.05, 0.1) is 6.54 Å². The lowest BCUT2D eigenvalue weighted by atomic mass is 10.1. The van der Waals surface area contributed by atoms with Crippen molar-refractivity contribution in [2.75, 3.05) is 18.0 Å². The van der Waals surface area contributed by atoms with Crippen LogP contribution in [0.2, 0.25) is 0 Å². The number of nitrogens with one attached hydrogen (secondary N) is 1. The van der Waals surface area contributed by atoms with Gasteiger partial charge < -0.3 is 15.0 Å². The van der Waals surface area contributed by atoms with Gasteiger partial charge >= 0.3 is 6.36 Å². The third kappa shape index (κ3) is 5.57. The first-order valence-electron chi connectivity index (χ1n) is 8.61. The largest absolute Gasteiger partial charge is 0.573 e. The number of nitrogens with zero attached hydrogens (tertiary/aromatic N) is 3. The average molecular weight is 380 g/mol. The van der Waals surface area contributed by atoms with Crippen molar-refractivity contribution in [2.24, 2.45) is 0 Å². The van der Waals surface area contributed by atoms with Crippen LogP contribution in [-0.2, 0) is 6.54 Å². The highest BCUT2D eigenvalue weighted by Crippen LogP contribution is 2.23. The molecule has 1 aromatic carbocycles. The molecule has 144 valence electrons. The lowest BCUT2D eigenvalue weighted by Gasteiger charge is -2.27. The summed E-state index contributed by atoms with van der Waals surface area (Å²) in [4.78, 5) is 23.0.